The highest BCUT2D eigenvalue weighted by atomic mass is 16.5. The van der Waals surface area contributed by atoms with E-state index in [-0.39, 0.29) is 0 Å². The molecular weight excluding hydrogens is 312 g/mol. The predicted molar refractivity (Wildman–Crippen MR) is 100 cm³/mol. The first kappa shape index (κ1) is 16.0. The lowest BCUT2D eigenvalue weighted by Gasteiger charge is -2.39. The fourth-order valence-corrected chi connectivity index (χ4v) is 3.51. The number of nitrogens with zero attached hydrogens (tertiary/aromatic N) is 3. The first-order valence-corrected chi connectivity index (χ1v) is 8.84. The SMILES string of the molecule is COc1ccccc1CN1Cc2ccccc2N=C1N1CCNCC1. The number of para-hydroxylation sites is 2. The number of rotatable bonds is 3. The van der Waals surface area contributed by atoms with Crippen molar-refractivity contribution in [2.45, 2.75) is 13.1 Å². The van der Waals surface area contributed by atoms with Crippen LogP contribution < -0.4 is 10.1 Å². The van der Waals surface area contributed by atoms with Crippen LogP contribution >= 0.6 is 0 Å². The number of benzene rings is 2. The zero-order chi connectivity index (χ0) is 17.1. The van der Waals surface area contributed by atoms with E-state index >= 15 is 0 Å². The number of aliphatic imine (C=N–C) groups is 1. The number of hydrogen-bond donors (Lipinski definition) is 1. The molecule has 2 aromatic rings. The first-order valence-electron chi connectivity index (χ1n) is 8.84. The Balaban J connectivity index is 1.67. The van der Waals surface area contributed by atoms with Gasteiger partial charge in [-0.1, -0.05) is 36.4 Å². The standard InChI is InChI=1S/C20H24N4O/c1-25-19-9-5-3-7-17(19)15-24-14-16-6-2-4-8-18(16)22-20(24)23-12-10-21-11-13-23/h2-9,21H,10-15H2,1H3. The monoisotopic (exact) mass is 336 g/mol. The average molecular weight is 336 g/mol. The van der Waals surface area contributed by atoms with Gasteiger partial charge in [0.05, 0.1) is 12.8 Å². The van der Waals surface area contributed by atoms with Gasteiger partial charge in [0.25, 0.3) is 0 Å². The summed E-state index contributed by atoms with van der Waals surface area (Å²) < 4.78 is 5.55. The summed E-state index contributed by atoms with van der Waals surface area (Å²) in [6.45, 7) is 5.65. The van der Waals surface area contributed by atoms with E-state index in [1.807, 2.05) is 12.1 Å². The maximum absolute atomic E-state index is 5.55. The maximum atomic E-state index is 5.55. The van der Waals surface area contributed by atoms with Crippen molar-refractivity contribution in [1.82, 2.24) is 15.1 Å². The largest absolute Gasteiger partial charge is 0.496 e. The smallest absolute Gasteiger partial charge is 0.202 e. The molecule has 4 rings (SSSR count). The van der Waals surface area contributed by atoms with Crippen molar-refractivity contribution in [2.75, 3.05) is 33.3 Å². The van der Waals surface area contributed by atoms with Crippen molar-refractivity contribution in [3.8, 4) is 5.75 Å². The molecule has 1 fully saturated rings. The topological polar surface area (TPSA) is 40.1 Å². The van der Waals surface area contributed by atoms with Crippen LogP contribution in [0.2, 0.25) is 0 Å². The van der Waals surface area contributed by atoms with Crippen molar-refractivity contribution < 1.29 is 4.74 Å². The molecule has 2 aliphatic rings. The van der Waals surface area contributed by atoms with Crippen LogP contribution in [0.4, 0.5) is 5.69 Å². The van der Waals surface area contributed by atoms with E-state index in [9.17, 15) is 0 Å². The Morgan fingerprint density at radius 1 is 1.04 bits per heavy atom. The third kappa shape index (κ3) is 3.33. The summed E-state index contributed by atoms with van der Waals surface area (Å²) in [5.74, 6) is 2.01. The lowest BCUT2D eigenvalue weighted by atomic mass is 10.1. The molecule has 5 heteroatoms. The van der Waals surface area contributed by atoms with E-state index in [1.165, 1.54) is 11.1 Å². The van der Waals surface area contributed by atoms with Crippen LogP contribution in [0, 0.1) is 0 Å². The van der Waals surface area contributed by atoms with Gasteiger partial charge in [0.2, 0.25) is 5.96 Å². The van der Waals surface area contributed by atoms with Gasteiger partial charge < -0.3 is 19.9 Å². The zero-order valence-electron chi connectivity index (χ0n) is 14.6. The molecule has 0 unspecified atom stereocenters. The molecule has 0 aliphatic carbocycles. The van der Waals surface area contributed by atoms with Crippen LogP contribution in [0.25, 0.3) is 0 Å². The minimum absolute atomic E-state index is 0.793. The van der Waals surface area contributed by atoms with E-state index in [4.69, 9.17) is 9.73 Å². The molecular formula is C20H24N4O. The van der Waals surface area contributed by atoms with E-state index in [0.717, 1.165) is 56.7 Å². The molecule has 25 heavy (non-hydrogen) atoms. The minimum atomic E-state index is 0.793. The lowest BCUT2D eigenvalue weighted by molar-refractivity contribution is 0.276. The highest BCUT2D eigenvalue weighted by Crippen LogP contribution is 2.29. The Morgan fingerprint density at radius 2 is 1.80 bits per heavy atom. The number of methoxy groups -OCH3 is 1. The van der Waals surface area contributed by atoms with Crippen LogP contribution in [0.5, 0.6) is 5.75 Å². The van der Waals surface area contributed by atoms with Gasteiger partial charge in [-0.25, -0.2) is 4.99 Å². The molecule has 2 aliphatic heterocycles. The van der Waals surface area contributed by atoms with Crippen LogP contribution in [0.1, 0.15) is 11.1 Å². The normalized spacial score (nSPS) is 17.1. The second kappa shape index (κ2) is 7.15. The summed E-state index contributed by atoms with van der Waals surface area (Å²) in [5, 5.41) is 3.42. The molecule has 5 nitrogen and oxygen atoms in total. The second-order valence-electron chi connectivity index (χ2n) is 6.45. The van der Waals surface area contributed by atoms with E-state index < -0.39 is 0 Å². The number of guanidine groups is 1. The average Bonchev–Trinajstić information content (AvgIpc) is 2.68. The van der Waals surface area contributed by atoms with Gasteiger partial charge in [0, 0.05) is 44.8 Å². The van der Waals surface area contributed by atoms with Gasteiger partial charge in [0.15, 0.2) is 0 Å². The molecule has 0 saturated carbocycles. The Bertz CT molecular complexity index is 768. The fraction of sp³-hybridized carbons (Fsp3) is 0.350. The number of fused-ring (bicyclic) bond motifs is 1. The summed E-state index contributed by atoms with van der Waals surface area (Å²) >= 11 is 0. The van der Waals surface area contributed by atoms with Gasteiger partial charge in [-0.3, -0.25) is 0 Å². The molecule has 0 bridgehead atoms. The first-order chi connectivity index (χ1) is 12.3. The number of ether oxygens (including phenoxy) is 1. The second-order valence-corrected chi connectivity index (χ2v) is 6.45. The van der Waals surface area contributed by atoms with Gasteiger partial charge in [-0.15, -0.1) is 0 Å². The number of piperazine rings is 1. The third-order valence-electron chi connectivity index (χ3n) is 4.81. The number of hydrogen-bond acceptors (Lipinski definition) is 5. The van der Waals surface area contributed by atoms with Crippen LogP contribution in [-0.2, 0) is 13.1 Å². The molecule has 0 radical (unpaired) electrons. The Kier molecular flexibility index (Phi) is 4.57. The molecule has 1 N–H and O–H groups in total. The van der Waals surface area contributed by atoms with Gasteiger partial charge in [-0.2, -0.15) is 0 Å². The zero-order valence-corrected chi connectivity index (χ0v) is 14.6. The van der Waals surface area contributed by atoms with Crippen LogP contribution in [0.3, 0.4) is 0 Å². The van der Waals surface area contributed by atoms with Crippen molar-refractivity contribution in [3.63, 3.8) is 0 Å². The molecule has 0 amide bonds. The Labute approximate surface area is 148 Å². The molecule has 0 atom stereocenters. The van der Waals surface area contributed by atoms with Crippen molar-refractivity contribution in [3.05, 3.63) is 59.7 Å². The van der Waals surface area contributed by atoms with Gasteiger partial charge in [0.1, 0.15) is 5.75 Å². The van der Waals surface area contributed by atoms with Crippen molar-refractivity contribution in [2.24, 2.45) is 4.99 Å². The quantitative estimate of drug-likeness (QED) is 0.935. The highest BCUT2D eigenvalue weighted by Gasteiger charge is 2.26. The Hall–Kier alpha value is -2.53. The van der Waals surface area contributed by atoms with E-state index in [0.29, 0.717) is 0 Å². The highest BCUT2D eigenvalue weighted by molar-refractivity contribution is 5.85. The summed E-state index contributed by atoms with van der Waals surface area (Å²) in [6, 6.07) is 16.7. The van der Waals surface area contributed by atoms with E-state index in [2.05, 4.69) is 51.5 Å². The van der Waals surface area contributed by atoms with Crippen molar-refractivity contribution >= 4 is 11.6 Å². The molecule has 0 aromatic heterocycles. The molecule has 130 valence electrons. The summed E-state index contributed by atoms with van der Waals surface area (Å²) in [6.07, 6.45) is 0. The van der Waals surface area contributed by atoms with Crippen LogP contribution in [0.15, 0.2) is 53.5 Å². The maximum Gasteiger partial charge on any atom is 0.202 e. The molecule has 1 saturated heterocycles. The minimum Gasteiger partial charge on any atom is -0.496 e. The molecule has 2 aromatic carbocycles. The lowest BCUT2D eigenvalue weighted by Crippen LogP contribution is -2.52. The van der Waals surface area contributed by atoms with Gasteiger partial charge in [-0.05, 0) is 17.7 Å². The molecule has 0 spiro atoms. The fourth-order valence-electron chi connectivity index (χ4n) is 3.51. The van der Waals surface area contributed by atoms with E-state index in [1.54, 1.807) is 7.11 Å². The summed E-state index contributed by atoms with van der Waals surface area (Å²) in [4.78, 5) is 9.76. The Morgan fingerprint density at radius 3 is 2.64 bits per heavy atom. The van der Waals surface area contributed by atoms with Crippen molar-refractivity contribution in [1.29, 1.82) is 0 Å². The number of nitrogens with one attached hydrogen (secondary N) is 1. The predicted octanol–water partition coefficient (Wildman–Crippen LogP) is 2.60. The summed E-state index contributed by atoms with van der Waals surface area (Å²) in [5.41, 5.74) is 3.55. The third-order valence-corrected chi connectivity index (χ3v) is 4.81. The summed E-state index contributed by atoms with van der Waals surface area (Å²) in [7, 11) is 1.73. The van der Waals surface area contributed by atoms with Crippen LogP contribution in [-0.4, -0.2) is 49.0 Å². The molecule has 2 heterocycles. The van der Waals surface area contributed by atoms with Gasteiger partial charge >= 0.3 is 0 Å².